The minimum Gasteiger partial charge on any atom is -0.465 e. The number of thiazole rings is 1. The van der Waals surface area contributed by atoms with Gasteiger partial charge in [0, 0.05) is 15.5 Å². The number of hydrogen-bond acceptors (Lipinski definition) is 7. The second-order valence-corrected chi connectivity index (χ2v) is 10.9. The predicted molar refractivity (Wildman–Crippen MR) is 103 cm³/mol. The van der Waals surface area contributed by atoms with Gasteiger partial charge in [-0.3, -0.25) is 24.1 Å². The molecule has 28 heavy (non-hydrogen) atoms. The van der Waals surface area contributed by atoms with Gasteiger partial charge in [0.25, 0.3) is 0 Å². The van der Waals surface area contributed by atoms with Gasteiger partial charge in [-0.15, -0.1) is 11.8 Å². The molecule has 3 heterocycles. The number of nitrogens with one attached hydrogen (secondary N) is 1. The van der Waals surface area contributed by atoms with Gasteiger partial charge in [-0.2, -0.15) is 0 Å². The normalized spacial score (nSPS) is 37.0. The number of imide groups is 1. The summed E-state index contributed by atoms with van der Waals surface area (Å²) < 4.78 is 4.94. The van der Waals surface area contributed by atoms with E-state index in [1.165, 1.54) is 11.3 Å². The van der Waals surface area contributed by atoms with Crippen LogP contribution in [0.15, 0.2) is 9.82 Å². The molecule has 0 radical (unpaired) electrons. The number of aromatic amines is 1. The maximum atomic E-state index is 13.1. The van der Waals surface area contributed by atoms with E-state index in [-0.39, 0.29) is 70.1 Å². The largest absolute Gasteiger partial charge is 0.465 e. The number of aromatic nitrogens is 1. The van der Waals surface area contributed by atoms with Gasteiger partial charge in [-0.1, -0.05) is 25.2 Å². The molecule has 5 rings (SSSR count). The van der Waals surface area contributed by atoms with Gasteiger partial charge in [0.05, 0.1) is 23.5 Å². The van der Waals surface area contributed by atoms with Crippen molar-refractivity contribution in [2.75, 3.05) is 13.2 Å². The quantitative estimate of drug-likeness (QED) is 0.587. The van der Waals surface area contributed by atoms with Gasteiger partial charge in [-0.25, -0.2) is 0 Å². The molecular formula is C19H22N2O5S2. The third-order valence-electron chi connectivity index (χ3n) is 7.07. The van der Waals surface area contributed by atoms with Crippen LogP contribution in [0.4, 0.5) is 0 Å². The number of amides is 2. The monoisotopic (exact) mass is 422 g/mol. The van der Waals surface area contributed by atoms with Crippen LogP contribution in [-0.4, -0.2) is 46.1 Å². The lowest BCUT2D eigenvalue weighted by atomic mass is 9.64. The lowest BCUT2D eigenvalue weighted by molar-refractivity contribution is -0.153. The van der Waals surface area contributed by atoms with E-state index in [0.717, 1.165) is 21.2 Å². The van der Waals surface area contributed by atoms with Crippen molar-refractivity contribution in [2.45, 2.75) is 42.9 Å². The number of nitrogens with zero attached hydrogens (tertiary/aromatic N) is 1. The highest BCUT2D eigenvalue weighted by Gasteiger charge is 2.70. The Balaban J connectivity index is 1.49. The summed E-state index contributed by atoms with van der Waals surface area (Å²) in [5, 5.41) is 1.13. The first-order valence-corrected chi connectivity index (χ1v) is 11.4. The number of likely N-dealkylation sites (tertiary alicyclic amines) is 1. The van der Waals surface area contributed by atoms with E-state index >= 15 is 0 Å². The molecule has 1 aromatic heterocycles. The molecule has 0 spiro atoms. The van der Waals surface area contributed by atoms with Gasteiger partial charge < -0.3 is 9.72 Å². The number of carbonyl (C=O) groups excluding carboxylic acids is 3. The fraction of sp³-hybridized carbons (Fsp3) is 0.684. The first-order valence-electron chi connectivity index (χ1n) is 9.66. The van der Waals surface area contributed by atoms with Gasteiger partial charge in [0.1, 0.15) is 6.54 Å². The zero-order valence-corrected chi connectivity index (χ0v) is 17.5. The van der Waals surface area contributed by atoms with E-state index in [0.29, 0.717) is 0 Å². The van der Waals surface area contributed by atoms with E-state index in [1.807, 2.05) is 0 Å². The zero-order valence-electron chi connectivity index (χ0n) is 15.9. The van der Waals surface area contributed by atoms with Crippen LogP contribution in [0.3, 0.4) is 0 Å². The third kappa shape index (κ3) is 2.23. The molecule has 2 amide bonds. The fourth-order valence-corrected chi connectivity index (χ4v) is 9.36. The highest BCUT2D eigenvalue weighted by molar-refractivity contribution is 8.00. The molecule has 150 valence electrons. The number of esters is 1. The molecule has 2 bridgehead atoms. The third-order valence-corrected chi connectivity index (χ3v) is 9.88. The van der Waals surface area contributed by atoms with E-state index in [9.17, 15) is 19.2 Å². The number of fused-ring (bicyclic) bond motifs is 9. The molecule has 3 fully saturated rings. The second-order valence-electron chi connectivity index (χ2n) is 8.69. The van der Waals surface area contributed by atoms with Gasteiger partial charge in [-0.05, 0) is 31.1 Å². The molecular weight excluding hydrogens is 400 g/mol. The average Bonchev–Trinajstić information content (AvgIpc) is 3.33. The van der Waals surface area contributed by atoms with E-state index in [2.05, 4.69) is 18.8 Å². The molecule has 0 unspecified atom stereocenters. The van der Waals surface area contributed by atoms with E-state index < -0.39 is 5.97 Å². The van der Waals surface area contributed by atoms with Crippen LogP contribution in [0.25, 0.3) is 0 Å². The number of rotatable bonds is 3. The maximum absolute atomic E-state index is 13.1. The summed E-state index contributed by atoms with van der Waals surface area (Å²) >= 11 is 2.93. The number of carbonyl (C=O) groups is 3. The van der Waals surface area contributed by atoms with Crippen LogP contribution >= 0.6 is 23.1 Å². The van der Waals surface area contributed by atoms with Crippen LogP contribution < -0.4 is 4.87 Å². The number of hydrogen-bond donors (Lipinski definition) is 1. The smallest absolute Gasteiger partial charge is 0.326 e. The summed E-state index contributed by atoms with van der Waals surface area (Å²) in [4.78, 5) is 55.1. The molecule has 1 saturated heterocycles. The molecule has 6 atom stereocenters. The standard InChI is InChI=1S/C19H22N2O5S2/c1-4-26-9(22)6-21-16(23)10-7-5-8(11(10)17(21)24)13-12(7)19(2,3)14-15(27-13)20-18(25)28-14/h7-8,10-13H,4-6H2,1-3H3,(H,20,25)/t7-,8+,10+,11+,12+,13+/m0/s1. The first-order chi connectivity index (χ1) is 13.3. The Bertz CT molecular complexity index is 950. The van der Waals surface area contributed by atoms with Crippen molar-refractivity contribution < 1.29 is 19.1 Å². The van der Waals surface area contributed by atoms with Crippen molar-refractivity contribution in [1.29, 1.82) is 0 Å². The SMILES string of the molecule is CCOC(=O)CN1C(=O)[C@@H]2[C@H]3C[C@@H]([C@H]2C1=O)[C@@H]1[C@@H]3Sc2[nH]c(=O)sc2C1(C)C. The van der Waals surface area contributed by atoms with Crippen molar-refractivity contribution in [3.63, 3.8) is 0 Å². The minimum atomic E-state index is -0.539. The molecule has 2 aliphatic carbocycles. The maximum Gasteiger partial charge on any atom is 0.326 e. The Kier molecular flexibility index (Phi) is 3.91. The van der Waals surface area contributed by atoms with Crippen LogP contribution in [0.5, 0.6) is 0 Å². The summed E-state index contributed by atoms with van der Waals surface area (Å²) in [6, 6.07) is 0. The Morgan fingerprint density at radius 3 is 2.57 bits per heavy atom. The molecule has 7 nitrogen and oxygen atoms in total. The molecule has 2 aliphatic heterocycles. The molecule has 1 N–H and O–H groups in total. The average molecular weight is 423 g/mol. The first kappa shape index (κ1) is 18.4. The summed E-state index contributed by atoms with van der Waals surface area (Å²) in [6.07, 6.45) is 0.866. The van der Waals surface area contributed by atoms with Gasteiger partial charge in [0.2, 0.25) is 11.8 Å². The van der Waals surface area contributed by atoms with Crippen molar-refractivity contribution in [2.24, 2.45) is 29.6 Å². The topological polar surface area (TPSA) is 96.5 Å². The predicted octanol–water partition coefficient (Wildman–Crippen LogP) is 1.62. The lowest BCUT2D eigenvalue weighted by Gasteiger charge is -2.47. The van der Waals surface area contributed by atoms with E-state index in [4.69, 9.17) is 4.74 Å². The van der Waals surface area contributed by atoms with Crippen molar-refractivity contribution in [3.8, 4) is 0 Å². The molecule has 4 aliphatic rings. The Morgan fingerprint density at radius 2 is 1.89 bits per heavy atom. The van der Waals surface area contributed by atoms with Crippen molar-refractivity contribution >= 4 is 40.9 Å². The number of H-pyrrole nitrogens is 1. The highest BCUT2D eigenvalue weighted by atomic mass is 32.2. The molecule has 0 aromatic carbocycles. The van der Waals surface area contributed by atoms with Crippen LogP contribution in [0.2, 0.25) is 0 Å². The Labute approximate surface area is 170 Å². The number of ether oxygens (including phenoxy) is 1. The Hall–Kier alpha value is -1.61. The van der Waals surface area contributed by atoms with E-state index in [1.54, 1.807) is 18.7 Å². The minimum absolute atomic E-state index is 0.0501. The van der Waals surface area contributed by atoms with Crippen LogP contribution in [-0.2, 0) is 24.5 Å². The highest BCUT2D eigenvalue weighted by Crippen LogP contribution is 2.68. The van der Waals surface area contributed by atoms with Crippen molar-refractivity contribution in [3.05, 3.63) is 14.5 Å². The summed E-state index contributed by atoms with van der Waals surface area (Å²) in [5.41, 5.74) is -0.225. The fourth-order valence-electron chi connectivity index (χ4n) is 6.21. The molecule has 1 aromatic rings. The van der Waals surface area contributed by atoms with Gasteiger partial charge in [0.15, 0.2) is 0 Å². The summed E-state index contributed by atoms with van der Waals surface area (Å²) in [6.45, 7) is 5.95. The lowest BCUT2D eigenvalue weighted by Crippen LogP contribution is -2.48. The molecule has 9 heteroatoms. The zero-order chi connectivity index (χ0) is 20.0. The number of thioether (sulfide) groups is 1. The Morgan fingerprint density at radius 1 is 1.21 bits per heavy atom. The van der Waals surface area contributed by atoms with Crippen LogP contribution in [0.1, 0.15) is 32.1 Å². The van der Waals surface area contributed by atoms with Crippen LogP contribution in [0, 0.1) is 29.6 Å². The van der Waals surface area contributed by atoms with Gasteiger partial charge >= 0.3 is 10.8 Å². The summed E-state index contributed by atoms with van der Waals surface area (Å²) in [7, 11) is 0. The molecule has 2 saturated carbocycles. The summed E-state index contributed by atoms with van der Waals surface area (Å²) in [5.74, 6) is -1.22. The van der Waals surface area contributed by atoms with Crippen molar-refractivity contribution in [1.82, 2.24) is 9.88 Å². The second kappa shape index (κ2) is 5.95.